The molecule has 0 bridgehead atoms. The van der Waals surface area contributed by atoms with Gasteiger partial charge in [0.25, 0.3) is 0 Å². The SMILES string of the molecule is CC1(Cc2ccccc2)CC(=O)CN1.Cl. The van der Waals surface area contributed by atoms with Gasteiger partial charge in [-0.3, -0.25) is 4.79 Å². The second-order valence-electron chi connectivity index (χ2n) is 4.29. The Morgan fingerprint density at radius 2 is 2.00 bits per heavy atom. The maximum Gasteiger partial charge on any atom is 0.148 e. The number of ketones is 1. The number of carbonyl (C=O) groups is 1. The fraction of sp³-hybridized carbons (Fsp3) is 0.417. The summed E-state index contributed by atoms with van der Waals surface area (Å²) in [6, 6.07) is 10.3. The molecule has 0 saturated carbocycles. The number of halogens is 1. The molecule has 1 heterocycles. The van der Waals surface area contributed by atoms with Crippen LogP contribution in [0.4, 0.5) is 0 Å². The van der Waals surface area contributed by atoms with Gasteiger partial charge in [0.2, 0.25) is 0 Å². The van der Waals surface area contributed by atoms with Crippen molar-refractivity contribution >= 4 is 18.2 Å². The molecular formula is C12H16ClNO. The third kappa shape index (κ3) is 3.05. The normalized spacial score (nSPS) is 25.0. The van der Waals surface area contributed by atoms with Gasteiger partial charge in [-0.25, -0.2) is 0 Å². The molecule has 3 heteroatoms. The zero-order chi connectivity index (χ0) is 10.0. The Balaban J connectivity index is 0.00000112. The molecule has 0 aromatic heterocycles. The molecule has 1 saturated heterocycles. The second-order valence-corrected chi connectivity index (χ2v) is 4.29. The predicted octanol–water partition coefficient (Wildman–Crippen LogP) is 1.97. The van der Waals surface area contributed by atoms with E-state index in [1.54, 1.807) is 0 Å². The molecule has 1 aliphatic heterocycles. The number of hydrogen-bond acceptors (Lipinski definition) is 2. The fourth-order valence-electron chi connectivity index (χ4n) is 2.04. The summed E-state index contributed by atoms with van der Waals surface area (Å²) in [6.07, 6.45) is 1.58. The van der Waals surface area contributed by atoms with Crippen LogP contribution >= 0.6 is 12.4 Å². The Morgan fingerprint density at radius 3 is 2.53 bits per heavy atom. The van der Waals surface area contributed by atoms with Crippen molar-refractivity contribution in [2.75, 3.05) is 6.54 Å². The largest absolute Gasteiger partial charge is 0.304 e. The highest BCUT2D eigenvalue weighted by Gasteiger charge is 2.33. The molecule has 1 aromatic carbocycles. The summed E-state index contributed by atoms with van der Waals surface area (Å²) in [5.41, 5.74) is 1.26. The smallest absolute Gasteiger partial charge is 0.148 e. The Hall–Kier alpha value is -0.860. The molecule has 1 fully saturated rings. The van der Waals surface area contributed by atoms with Crippen LogP contribution in [-0.2, 0) is 11.2 Å². The van der Waals surface area contributed by atoms with E-state index in [4.69, 9.17) is 0 Å². The van der Waals surface area contributed by atoms with Crippen molar-refractivity contribution < 1.29 is 4.79 Å². The van der Waals surface area contributed by atoms with Gasteiger partial charge in [0.05, 0.1) is 6.54 Å². The van der Waals surface area contributed by atoms with Gasteiger partial charge in [-0.15, -0.1) is 12.4 Å². The number of nitrogens with one attached hydrogen (secondary N) is 1. The summed E-state index contributed by atoms with van der Waals surface area (Å²) >= 11 is 0. The van der Waals surface area contributed by atoms with Crippen LogP contribution in [0.3, 0.4) is 0 Å². The molecule has 1 aromatic rings. The molecule has 15 heavy (non-hydrogen) atoms. The minimum Gasteiger partial charge on any atom is -0.304 e. The minimum atomic E-state index is -0.0293. The van der Waals surface area contributed by atoms with E-state index in [1.165, 1.54) is 5.56 Å². The highest BCUT2D eigenvalue weighted by Crippen LogP contribution is 2.21. The van der Waals surface area contributed by atoms with Crippen LogP contribution in [0.1, 0.15) is 18.9 Å². The lowest BCUT2D eigenvalue weighted by Crippen LogP contribution is -2.38. The summed E-state index contributed by atoms with van der Waals surface area (Å²) in [5, 5.41) is 3.28. The van der Waals surface area contributed by atoms with E-state index in [-0.39, 0.29) is 17.9 Å². The first-order chi connectivity index (χ1) is 6.68. The van der Waals surface area contributed by atoms with Crippen molar-refractivity contribution in [1.29, 1.82) is 0 Å². The monoisotopic (exact) mass is 225 g/mol. The van der Waals surface area contributed by atoms with Crippen LogP contribution in [0.5, 0.6) is 0 Å². The van der Waals surface area contributed by atoms with Crippen LogP contribution in [-0.4, -0.2) is 17.9 Å². The van der Waals surface area contributed by atoms with Gasteiger partial charge in [0.15, 0.2) is 0 Å². The molecular weight excluding hydrogens is 210 g/mol. The summed E-state index contributed by atoms with van der Waals surface area (Å²) < 4.78 is 0. The Labute approximate surface area is 96.5 Å². The number of hydrogen-bond donors (Lipinski definition) is 1. The quantitative estimate of drug-likeness (QED) is 0.834. The van der Waals surface area contributed by atoms with Gasteiger partial charge in [0, 0.05) is 12.0 Å². The molecule has 1 unspecified atom stereocenters. The first-order valence-corrected chi connectivity index (χ1v) is 4.99. The third-order valence-electron chi connectivity index (χ3n) is 2.74. The molecule has 0 amide bonds. The molecule has 1 aliphatic rings. The van der Waals surface area contributed by atoms with Crippen molar-refractivity contribution in [3.8, 4) is 0 Å². The standard InChI is InChI=1S/C12H15NO.ClH/c1-12(8-11(14)9-13-12)7-10-5-3-2-4-6-10;/h2-6,13H,7-9H2,1H3;1H. The minimum absolute atomic E-state index is 0. The van der Waals surface area contributed by atoms with Crippen LogP contribution in [0, 0.1) is 0 Å². The number of carbonyl (C=O) groups excluding carboxylic acids is 1. The van der Waals surface area contributed by atoms with Crippen LogP contribution in [0.25, 0.3) is 0 Å². The van der Waals surface area contributed by atoms with Crippen molar-refractivity contribution in [2.45, 2.75) is 25.3 Å². The van der Waals surface area contributed by atoms with Crippen LogP contribution < -0.4 is 5.32 Å². The van der Waals surface area contributed by atoms with Gasteiger partial charge in [-0.2, -0.15) is 0 Å². The average molecular weight is 226 g/mol. The summed E-state index contributed by atoms with van der Waals surface area (Å²) in [4.78, 5) is 11.2. The van der Waals surface area contributed by atoms with Gasteiger partial charge in [-0.1, -0.05) is 30.3 Å². The van der Waals surface area contributed by atoms with E-state index in [9.17, 15) is 4.79 Å². The lowest BCUT2D eigenvalue weighted by molar-refractivity contribution is -0.116. The van der Waals surface area contributed by atoms with E-state index in [0.717, 1.165) is 6.42 Å². The Kier molecular flexibility index (Phi) is 3.89. The average Bonchev–Trinajstić information content (AvgIpc) is 2.47. The highest BCUT2D eigenvalue weighted by atomic mass is 35.5. The second kappa shape index (κ2) is 4.77. The van der Waals surface area contributed by atoms with E-state index in [1.807, 2.05) is 18.2 Å². The molecule has 0 radical (unpaired) electrons. The van der Waals surface area contributed by atoms with Crippen molar-refractivity contribution in [3.05, 3.63) is 35.9 Å². The van der Waals surface area contributed by atoms with Crippen LogP contribution in [0.2, 0.25) is 0 Å². The molecule has 1 N–H and O–H groups in total. The van der Waals surface area contributed by atoms with Gasteiger partial charge in [-0.05, 0) is 18.9 Å². The summed E-state index contributed by atoms with van der Waals surface area (Å²) in [7, 11) is 0. The Bertz CT molecular complexity index is 339. The summed E-state index contributed by atoms with van der Waals surface area (Å²) in [5.74, 6) is 0.323. The van der Waals surface area contributed by atoms with Crippen molar-refractivity contribution in [1.82, 2.24) is 5.32 Å². The zero-order valence-electron chi connectivity index (χ0n) is 8.82. The lowest BCUT2D eigenvalue weighted by Gasteiger charge is -2.23. The van der Waals surface area contributed by atoms with Gasteiger partial charge in [0.1, 0.15) is 5.78 Å². The molecule has 1 atom stereocenters. The topological polar surface area (TPSA) is 29.1 Å². The number of benzene rings is 1. The van der Waals surface area contributed by atoms with Gasteiger partial charge < -0.3 is 5.32 Å². The van der Waals surface area contributed by atoms with Crippen molar-refractivity contribution in [3.63, 3.8) is 0 Å². The molecule has 2 nitrogen and oxygen atoms in total. The van der Waals surface area contributed by atoms with E-state index < -0.39 is 0 Å². The molecule has 0 aliphatic carbocycles. The maximum atomic E-state index is 11.2. The zero-order valence-corrected chi connectivity index (χ0v) is 9.64. The fourth-order valence-corrected chi connectivity index (χ4v) is 2.04. The number of Topliss-reactive ketones (excluding diaryl/α,β-unsaturated/α-hetero) is 1. The lowest BCUT2D eigenvalue weighted by atomic mass is 9.91. The van der Waals surface area contributed by atoms with Gasteiger partial charge >= 0.3 is 0 Å². The predicted molar refractivity (Wildman–Crippen MR) is 63.4 cm³/mol. The van der Waals surface area contributed by atoms with E-state index >= 15 is 0 Å². The van der Waals surface area contributed by atoms with E-state index in [0.29, 0.717) is 18.7 Å². The maximum absolute atomic E-state index is 11.2. The van der Waals surface area contributed by atoms with E-state index in [2.05, 4.69) is 24.4 Å². The highest BCUT2D eigenvalue weighted by molar-refractivity contribution is 5.85. The molecule has 2 rings (SSSR count). The Morgan fingerprint density at radius 1 is 1.33 bits per heavy atom. The van der Waals surface area contributed by atoms with Crippen LogP contribution in [0.15, 0.2) is 30.3 Å². The molecule has 82 valence electrons. The first kappa shape index (κ1) is 12.2. The number of rotatable bonds is 2. The third-order valence-corrected chi connectivity index (χ3v) is 2.74. The summed E-state index contributed by atoms with van der Waals surface area (Å²) in [6.45, 7) is 2.65. The first-order valence-electron chi connectivity index (χ1n) is 4.99. The molecule has 0 spiro atoms. The van der Waals surface area contributed by atoms with Crippen molar-refractivity contribution in [2.24, 2.45) is 0 Å².